The van der Waals surface area contributed by atoms with Crippen LogP contribution in [0, 0.1) is 5.82 Å². The standard InChI is InChI=1S/C10H12FNO3/c1-14-8(13)5-6-3-4-7(11)9(12)10(6)15-2/h3-4H,5,12H2,1-2H3. The number of hydrogen-bond donors (Lipinski definition) is 1. The highest BCUT2D eigenvalue weighted by Crippen LogP contribution is 2.29. The molecule has 82 valence electrons. The van der Waals surface area contributed by atoms with E-state index < -0.39 is 11.8 Å². The molecule has 0 unspecified atom stereocenters. The van der Waals surface area contributed by atoms with E-state index in [1.54, 1.807) is 0 Å². The van der Waals surface area contributed by atoms with Crippen LogP contribution in [-0.4, -0.2) is 20.2 Å². The Balaban J connectivity index is 3.07. The summed E-state index contributed by atoms with van der Waals surface area (Å²) >= 11 is 0. The van der Waals surface area contributed by atoms with Gasteiger partial charge in [-0.25, -0.2) is 4.39 Å². The van der Waals surface area contributed by atoms with Gasteiger partial charge in [-0.05, 0) is 6.07 Å². The maximum atomic E-state index is 13.0. The molecule has 1 rings (SSSR count). The molecule has 0 spiro atoms. The quantitative estimate of drug-likeness (QED) is 0.604. The number of ether oxygens (including phenoxy) is 2. The van der Waals surface area contributed by atoms with Crippen LogP contribution < -0.4 is 10.5 Å². The van der Waals surface area contributed by atoms with Crippen LogP contribution in [0.25, 0.3) is 0 Å². The molecular formula is C10H12FNO3. The number of nitrogen functional groups attached to an aromatic ring is 1. The third-order valence-electron chi connectivity index (χ3n) is 1.99. The number of carbonyl (C=O) groups excluding carboxylic acids is 1. The summed E-state index contributed by atoms with van der Waals surface area (Å²) in [5.74, 6) is -0.819. The second-order valence-electron chi connectivity index (χ2n) is 2.91. The van der Waals surface area contributed by atoms with Crippen LogP contribution in [0.2, 0.25) is 0 Å². The molecule has 0 aliphatic rings. The Bertz CT molecular complexity index is 379. The first-order chi connectivity index (χ1) is 7.10. The highest BCUT2D eigenvalue weighted by molar-refractivity contribution is 5.75. The molecule has 0 aromatic heterocycles. The van der Waals surface area contributed by atoms with Crippen molar-refractivity contribution in [1.82, 2.24) is 0 Å². The number of hydrogen-bond acceptors (Lipinski definition) is 4. The lowest BCUT2D eigenvalue weighted by molar-refractivity contribution is -0.139. The molecule has 1 aromatic rings. The van der Waals surface area contributed by atoms with Crippen molar-refractivity contribution in [3.8, 4) is 5.75 Å². The minimum atomic E-state index is -0.569. The lowest BCUT2D eigenvalue weighted by Crippen LogP contribution is -2.07. The fourth-order valence-corrected chi connectivity index (χ4v) is 1.23. The Kier molecular flexibility index (Phi) is 3.49. The largest absolute Gasteiger partial charge is 0.494 e. The minimum absolute atomic E-state index is 0.00412. The molecule has 0 aliphatic carbocycles. The molecular weight excluding hydrogens is 201 g/mol. The van der Waals surface area contributed by atoms with Crippen LogP contribution in [0.3, 0.4) is 0 Å². The summed E-state index contributed by atoms with van der Waals surface area (Å²) in [4.78, 5) is 11.0. The van der Waals surface area contributed by atoms with E-state index in [-0.39, 0.29) is 17.9 Å². The van der Waals surface area contributed by atoms with Gasteiger partial charge in [0.05, 0.1) is 20.6 Å². The van der Waals surface area contributed by atoms with Gasteiger partial charge in [0.2, 0.25) is 0 Å². The predicted molar refractivity (Wildman–Crippen MR) is 53.1 cm³/mol. The van der Waals surface area contributed by atoms with Crippen LogP contribution in [0.1, 0.15) is 5.56 Å². The van der Waals surface area contributed by atoms with Crippen LogP contribution in [0.4, 0.5) is 10.1 Å². The number of nitrogens with two attached hydrogens (primary N) is 1. The second-order valence-corrected chi connectivity index (χ2v) is 2.91. The van der Waals surface area contributed by atoms with Crippen molar-refractivity contribution in [3.63, 3.8) is 0 Å². The first-order valence-electron chi connectivity index (χ1n) is 4.27. The summed E-state index contributed by atoms with van der Waals surface area (Å²) in [7, 11) is 2.65. The van der Waals surface area contributed by atoms with Crippen LogP contribution >= 0.6 is 0 Å². The number of benzene rings is 1. The average molecular weight is 213 g/mol. The maximum Gasteiger partial charge on any atom is 0.310 e. The van der Waals surface area contributed by atoms with Crippen molar-refractivity contribution in [2.75, 3.05) is 20.0 Å². The summed E-state index contributed by atoms with van der Waals surface area (Å²) in [6, 6.07) is 2.64. The van der Waals surface area contributed by atoms with Gasteiger partial charge in [-0.3, -0.25) is 4.79 Å². The van der Waals surface area contributed by atoms with E-state index in [4.69, 9.17) is 10.5 Å². The third kappa shape index (κ3) is 2.37. The molecule has 0 bridgehead atoms. The molecule has 4 nitrogen and oxygen atoms in total. The Morgan fingerprint density at radius 2 is 2.13 bits per heavy atom. The maximum absolute atomic E-state index is 13.0. The molecule has 0 fully saturated rings. The van der Waals surface area contributed by atoms with Gasteiger partial charge in [0.15, 0.2) is 0 Å². The molecule has 0 atom stereocenters. The Labute approximate surface area is 86.8 Å². The second kappa shape index (κ2) is 4.63. The van der Waals surface area contributed by atoms with E-state index in [2.05, 4.69) is 4.74 Å². The summed E-state index contributed by atoms with van der Waals surface area (Å²) in [6.07, 6.45) is 0.00412. The molecule has 5 heteroatoms. The minimum Gasteiger partial charge on any atom is -0.494 e. The number of rotatable bonds is 3. The van der Waals surface area contributed by atoms with Gasteiger partial charge in [0, 0.05) is 5.56 Å². The van der Waals surface area contributed by atoms with Gasteiger partial charge in [0.25, 0.3) is 0 Å². The smallest absolute Gasteiger partial charge is 0.310 e. The molecule has 1 aromatic carbocycles. The van der Waals surface area contributed by atoms with Crippen molar-refractivity contribution in [1.29, 1.82) is 0 Å². The lowest BCUT2D eigenvalue weighted by atomic mass is 10.1. The van der Waals surface area contributed by atoms with Gasteiger partial charge in [-0.1, -0.05) is 6.07 Å². The summed E-state index contributed by atoms with van der Waals surface area (Å²) < 4.78 is 22.5. The summed E-state index contributed by atoms with van der Waals surface area (Å²) in [5, 5.41) is 0. The SMILES string of the molecule is COC(=O)Cc1ccc(F)c(N)c1OC. The Morgan fingerprint density at radius 1 is 1.47 bits per heavy atom. The monoisotopic (exact) mass is 213 g/mol. The first kappa shape index (κ1) is 11.3. The van der Waals surface area contributed by atoms with Gasteiger partial charge in [0.1, 0.15) is 17.3 Å². The molecule has 0 radical (unpaired) electrons. The normalized spacial score (nSPS) is 9.80. The highest BCUT2D eigenvalue weighted by Gasteiger charge is 2.14. The van der Waals surface area contributed by atoms with Crippen LogP contribution in [0.15, 0.2) is 12.1 Å². The molecule has 0 amide bonds. The van der Waals surface area contributed by atoms with Crippen molar-refractivity contribution < 1.29 is 18.7 Å². The predicted octanol–water partition coefficient (Wildman–Crippen LogP) is 1.13. The summed E-state index contributed by atoms with van der Waals surface area (Å²) in [5.41, 5.74) is 5.86. The summed E-state index contributed by atoms with van der Waals surface area (Å²) in [6.45, 7) is 0. The average Bonchev–Trinajstić information content (AvgIpc) is 2.24. The highest BCUT2D eigenvalue weighted by atomic mass is 19.1. The van der Waals surface area contributed by atoms with Gasteiger partial charge < -0.3 is 15.2 Å². The number of esters is 1. The number of methoxy groups -OCH3 is 2. The number of anilines is 1. The fourth-order valence-electron chi connectivity index (χ4n) is 1.23. The zero-order valence-corrected chi connectivity index (χ0v) is 8.54. The van der Waals surface area contributed by atoms with E-state index in [1.165, 1.54) is 26.4 Å². The van der Waals surface area contributed by atoms with Crippen LogP contribution in [-0.2, 0) is 16.0 Å². The molecule has 15 heavy (non-hydrogen) atoms. The number of carbonyl (C=O) groups is 1. The van der Waals surface area contributed by atoms with Crippen molar-refractivity contribution in [3.05, 3.63) is 23.5 Å². The molecule has 2 N–H and O–H groups in total. The van der Waals surface area contributed by atoms with Crippen molar-refractivity contribution >= 4 is 11.7 Å². The van der Waals surface area contributed by atoms with Crippen molar-refractivity contribution in [2.24, 2.45) is 0 Å². The zero-order valence-electron chi connectivity index (χ0n) is 8.54. The zero-order chi connectivity index (χ0) is 11.4. The topological polar surface area (TPSA) is 61.5 Å². The van der Waals surface area contributed by atoms with Crippen molar-refractivity contribution in [2.45, 2.75) is 6.42 Å². The third-order valence-corrected chi connectivity index (χ3v) is 1.99. The van der Waals surface area contributed by atoms with E-state index in [1.807, 2.05) is 0 Å². The lowest BCUT2D eigenvalue weighted by Gasteiger charge is -2.10. The first-order valence-corrected chi connectivity index (χ1v) is 4.27. The fraction of sp³-hybridized carbons (Fsp3) is 0.300. The van der Waals surface area contributed by atoms with E-state index >= 15 is 0 Å². The van der Waals surface area contributed by atoms with E-state index in [0.717, 1.165) is 0 Å². The van der Waals surface area contributed by atoms with E-state index in [0.29, 0.717) is 5.56 Å². The van der Waals surface area contributed by atoms with Gasteiger partial charge in [-0.2, -0.15) is 0 Å². The van der Waals surface area contributed by atoms with E-state index in [9.17, 15) is 9.18 Å². The molecule has 0 saturated heterocycles. The molecule has 0 aliphatic heterocycles. The van der Waals surface area contributed by atoms with Crippen LogP contribution in [0.5, 0.6) is 5.75 Å². The molecule has 0 saturated carbocycles. The Morgan fingerprint density at radius 3 is 2.67 bits per heavy atom. The van der Waals surface area contributed by atoms with Gasteiger partial charge in [-0.15, -0.1) is 0 Å². The Hall–Kier alpha value is -1.78. The number of halogens is 1. The molecule has 0 heterocycles. The van der Waals surface area contributed by atoms with Gasteiger partial charge >= 0.3 is 5.97 Å².